The number of amides is 1. The minimum Gasteiger partial charge on any atom is -0.322 e. The number of hydrogen-bond acceptors (Lipinski definition) is 2. The lowest BCUT2D eigenvalue weighted by molar-refractivity contribution is 0.102. The molecular weight excluding hydrogens is 356 g/mol. The maximum Gasteiger partial charge on any atom is 0.261 e. The van der Waals surface area contributed by atoms with Gasteiger partial charge in [0.15, 0.2) is 0 Å². The molecule has 0 fully saturated rings. The van der Waals surface area contributed by atoms with Gasteiger partial charge in [0.05, 0.1) is 0 Å². The summed E-state index contributed by atoms with van der Waals surface area (Å²) >= 11 is 3.34. The van der Waals surface area contributed by atoms with Crippen LogP contribution in [0.15, 0.2) is 76.0 Å². The topological polar surface area (TPSA) is 62.0 Å². The van der Waals surface area contributed by atoms with E-state index in [4.69, 9.17) is 0 Å². The molecule has 0 unspecified atom stereocenters. The summed E-state index contributed by atoms with van der Waals surface area (Å²) < 4.78 is 0.851. The van der Waals surface area contributed by atoms with Gasteiger partial charge >= 0.3 is 0 Å². The maximum absolute atomic E-state index is 12.2. The number of aromatic nitrogens is 1. The molecule has 0 aliphatic heterocycles. The number of aromatic amines is 1. The van der Waals surface area contributed by atoms with E-state index in [0.717, 1.165) is 10.0 Å². The molecule has 23 heavy (non-hydrogen) atoms. The summed E-state index contributed by atoms with van der Waals surface area (Å²) in [5.74, 6) is -0.441. The lowest BCUT2D eigenvalue weighted by Crippen LogP contribution is -2.23. The molecule has 0 saturated carbocycles. The number of carbonyl (C=O) groups is 1. The minimum atomic E-state index is -0.441. The molecule has 0 aliphatic carbocycles. The lowest BCUT2D eigenvalue weighted by Gasteiger charge is -2.06. The Labute approximate surface area is 141 Å². The highest BCUT2D eigenvalue weighted by Crippen LogP contribution is 2.17. The first-order chi connectivity index (χ1) is 11.1. The van der Waals surface area contributed by atoms with Crippen LogP contribution in [0.25, 0.3) is 11.3 Å². The van der Waals surface area contributed by atoms with Gasteiger partial charge < -0.3 is 10.3 Å². The number of carbonyl (C=O) groups excluding carboxylic acids is 1. The Kier molecular flexibility index (Phi) is 4.39. The number of H-pyrrole nitrogens is 1. The van der Waals surface area contributed by atoms with Gasteiger partial charge in [-0.25, -0.2) is 0 Å². The Balaban J connectivity index is 1.86. The van der Waals surface area contributed by atoms with Gasteiger partial charge in [-0.05, 0) is 35.9 Å². The standard InChI is InChI=1S/C18H13BrN2O2/c19-13-7-4-8-14(11-13)20-17(22)15-9-10-16(21-18(15)23)12-5-2-1-3-6-12/h1-11H,(H,20,22)(H,21,23). The van der Waals surface area contributed by atoms with Gasteiger partial charge in [0.25, 0.3) is 11.5 Å². The van der Waals surface area contributed by atoms with E-state index in [1.165, 1.54) is 6.07 Å². The van der Waals surface area contributed by atoms with Crippen molar-refractivity contribution in [3.63, 3.8) is 0 Å². The molecule has 5 heteroatoms. The molecule has 114 valence electrons. The molecular formula is C18H13BrN2O2. The quantitative estimate of drug-likeness (QED) is 0.732. The molecule has 0 atom stereocenters. The number of anilines is 1. The zero-order valence-corrected chi connectivity index (χ0v) is 13.6. The van der Waals surface area contributed by atoms with E-state index in [9.17, 15) is 9.59 Å². The van der Waals surface area contributed by atoms with E-state index in [1.807, 2.05) is 42.5 Å². The first-order valence-corrected chi connectivity index (χ1v) is 7.78. The maximum atomic E-state index is 12.2. The Bertz CT molecular complexity index is 904. The van der Waals surface area contributed by atoms with E-state index in [-0.39, 0.29) is 5.56 Å². The second kappa shape index (κ2) is 6.62. The van der Waals surface area contributed by atoms with Crippen molar-refractivity contribution in [1.82, 2.24) is 4.98 Å². The van der Waals surface area contributed by atoms with Crippen LogP contribution in [-0.2, 0) is 0 Å². The zero-order chi connectivity index (χ0) is 16.2. The molecule has 3 aromatic rings. The van der Waals surface area contributed by atoms with Crippen LogP contribution in [0.1, 0.15) is 10.4 Å². The van der Waals surface area contributed by atoms with Gasteiger partial charge in [-0.15, -0.1) is 0 Å². The van der Waals surface area contributed by atoms with Crippen molar-refractivity contribution in [2.24, 2.45) is 0 Å². The lowest BCUT2D eigenvalue weighted by atomic mass is 10.1. The molecule has 3 rings (SSSR count). The summed E-state index contributed by atoms with van der Waals surface area (Å²) in [6, 6.07) is 19.9. The van der Waals surface area contributed by atoms with Crippen molar-refractivity contribution in [1.29, 1.82) is 0 Å². The van der Waals surface area contributed by atoms with Crippen molar-refractivity contribution in [2.45, 2.75) is 0 Å². The number of benzene rings is 2. The van der Waals surface area contributed by atoms with Crippen molar-refractivity contribution >= 4 is 27.5 Å². The third-order valence-corrected chi connectivity index (χ3v) is 3.81. The summed E-state index contributed by atoms with van der Waals surface area (Å²) in [4.78, 5) is 27.2. The van der Waals surface area contributed by atoms with E-state index < -0.39 is 11.5 Å². The molecule has 1 amide bonds. The summed E-state index contributed by atoms with van der Waals surface area (Å²) in [7, 11) is 0. The molecule has 2 aromatic carbocycles. The van der Waals surface area contributed by atoms with Gasteiger partial charge in [0, 0.05) is 15.9 Å². The number of nitrogens with one attached hydrogen (secondary N) is 2. The SMILES string of the molecule is O=C(Nc1cccc(Br)c1)c1ccc(-c2ccccc2)[nH]c1=O. The van der Waals surface area contributed by atoms with E-state index in [1.54, 1.807) is 18.2 Å². The van der Waals surface area contributed by atoms with Crippen LogP contribution in [0.2, 0.25) is 0 Å². The third kappa shape index (κ3) is 3.57. The third-order valence-electron chi connectivity index (χ3n) is 3.32. The Morgan fingerprint density at radius 3 is 2.43 bits per heavy atom. The average molecular weight is 369 g/mol. The highest BCUT2D eigenvalue weighted by molar-refractivity contribution is 9.10. The Morgan fingerprint density at radius 2 is 1.74 bits per heavy atom. The molecule has 0 radical (unpaired) electrons. The van der Waals surface area contributed by atoms with Crippen LogP contribution in [-0.4, -0.2) is 10.9 Å². The second-order valence-electron chi connectivity index (χ2n) is 4.95. The van der Waals surface area contributed by atoms with Crippen LogP contribution < -0.4 is 10.9 Å². The van der Waals surface area contributed by atoms with E-state index in [2.05, 4.69) is 26.2 Å². The van der Waals surface area contributed by atoms with Crippen LogP contribution in [0.5, 0.6) is 0 Å². The van der Waals surface area contributed by atoms with Gasteiger partial charge in [-0.1, -0.05) is 52.3 Å². The van der Waals surface area contributed by atoms with Crippen molar-refractivity contribution in [3.05, 3.63) is 87.1 Å². The fourth-order valence-electron chi connectivity index (χ4n) is 2.20. The molecule has 1 aromatic heterocycles. The predicted molar refractivity (Wildman–Crippen MR) is 94.6 cm³/mol. The fourth-order valence-corrected chi connectivity index (χ4v) is 2.60. The first-order valence-electron chi connectivity index (χ1n) is 6.99. The second-order valence-corrected chi connectivity index (χ2v) is 5.86. The van der Waals surface area contributed by atoms with E-state index >= 15 is 0 Å². The summed E-state index contributed by atoms with van der Waals surface area (Å²) in [6.07, 6.45) is 0. The minimum absolute atomic E-state index is 0.0738. The van der Waals surface area contributed by atoms with Crippen molar-refractivity contribution in [2.75, 3.05) is 5.32 Å². The number of halogens is 1. The normalized spacial score (nSPS) is 10.3. The summed E-state index contributed by atoms with van der Waals surface area (Å²) in [5.41, 5.74) is 1.84. The zero-order valence-electron chi connectivity index (χ0n) is 12.0. The largest absolute Gasteiger partial charge is 0.322 e. The molecule has 1 heterocycles. The fraction of sp³-hybridized carbons (Fsp3) is 0. The summed E-state index contributed by atoms with van der Waals surface area (Å²) in [6.45, 7) is 0. The molecule has 0 aliphatic rings. The Hall–Kier alpha value is -2.66. The molecule has 0 bridgehead atoms. The molecule has 0 spiro atoms. The number of pyridine rings is 1. The monoisotopic (exact) mass is 368 g/mol. The highest BCUT2D eigenvalue weighted by atomic mass is 79.9. The Morgan fingerprint density at radius 1 is 0.957 bits per heavy atom. The summed E-state index contributed by atoms with van der Waals surface area (Å²) in [5, 5.41) is 2.71. The predicted octanol–water partition coefficient (Wildman–Crippen LogP) is 4.06. The van der Waals surface area contributed by atoms with Crippen molar-refractivity contribution < 1.29 is 4.79 Å². The van der Waals surface area contributed by atoms with Gasteiger partial charge in [-0.2, -0.15) is 0 Å². The van der Waals surface area contributed by atoms with Crippen LogP contribution in [0.3, 0.4) is 0 Å². The smallest absolute Gasteiger partial charge is 0.261 e. The number of hydrogen-bond donors (Lipinski definition) is 2. The van der Waals surface area contributed by atoms with Crippen LogP contribution >= 0.6 is 15.9 Å². The van der Waals surface area contributed by atoms with Gasteiger partial charge in [0.2, 0.25) is 0 Å². The van der Waals surface area contributed by atoms with Crippen LogP contribution in [0.4, 0.5) is 5.69 Å². The van der Waals surface area contributed by atoms with Crippen LogP contribution in [0, 0.1) is 0 Å². The number of rotatable bonds is 3. The first kappa shape index (κ1) is 15.2. The van der Waals surface area contributed by atoms with Crippen molar-refractivity contribution in [3.8, 4) is 11.3 Å². The van der Waals surface area contributed by atoms with Gasteiger partial charge in [0.1, 0.15) is 5.56 Å². The van der Waals surface area contributed by atoms with Gasteiger partial charge in [-0.3, -0.25) is 9.59 Å². The highest BCUT2D eigenvalue weighted by Gasteiger charge is 2.11. The molecule has 4 nitrogen and oxygen atoms in total. The average Bonchev–Trinajstić information content (AvgIpc) is 2.55. The van der Waals surface area contributed by atoms with E-state index in [0.29, 0.717) is 11.4 Å². The molecule has 0 saturated heterocycles. The molecule has 2 N–H and O–H groups in total.